The number of aliphatic imine (C=N–C) groups is 1. The normalized spacial score (nSPS) is 14.1. The highest BCUT2D eigenvalue weighted by molar-refractivity contribution is 6.40. The number of halogens is 5. The van der Waals surface area contributed by atoms with Crippen molar-refractivity contribution in [2.75, 3.05) is 13.2 Å². The first-order valence-electron chi connectivity index (χ1n) is 10.7. The van der Waals surface area contributed by atoms with Gasteiger partial charge in [-0.1, -0.05) is 11.6 Å². The van der Waals surface area contributed by atoms with Crippen molar-refractivity contribution in [2.45, 2.75) is 19.1 Å². The first kappa shape index (κ1) is 26.1. The molecular formula is C23H18ClF4N5O4. The highest BCUT2D eigenvalue weighted by Crippen LogP contribution is 2.37. The molecule has 0 aliphatic carbocycles. The van der Waals surface area contributed by atoms with E-state index in [-0.39, 0.29) is 37.8 Å². The molecule has 2 amide bonds. The number of rotatable bonds is 7. The average Bonchev–Trinajstić information content (AvgIpc) is 3.23. The zero-order valence-corrected chi connectivity index (χ0v) is 19.9. The second kappa shape index (κ2) is 10.5. The standard InChI is InChI=1S/C23H18ClF4N5O4/c1-32-10-14(9-30-32)11-33-12-19(34)21(31-22(33)35)36-5-4-13-6-18(25)20(29-8-13)37-15-2-3-17(24)16(7-15)23(26,27)28/h2-3,6-10H,4-5,11-12H2,1H3. The summed E-state index contributed by atoms with van der Waals surface area (Å²) < 4.78 is 65.5. The Morgan fingerprint density at radius 2 is 1.92 bits per heavy atom. The molecule has 194 valence electrons. The van der Waals surface area contributed by atoms with Gasteiger partial charge in [0.1, 0.15) is 5.75 Å². The second-order valence-corrected chi connectivity index (χ2v) is 8.38. The van der Waals surface area contributed by atoms with E-state index in [9.17, 15) is 27.2 Å². The summed E-state index contributed by atoms with van der Waals surface area (Å²) in [7, 11) is 1.73. The van der Waals surface area contributed by atoms with Crippen molar-refractivity contribution in [1.82, 2.24) is 19.7 Å². The fourth-order valence-electron chi connectivity index (χ4n) is 3.38. The van der Waals surface area contributed by atoms with Crippen molar-refractivity contribution in [3.63, 3.8) is 0 Å². The molecule has 14 heteroatoms. The molecule has 37 heavy (non-hydrogen) atoms. The Morgan fingerprint density at radius 3 is 2.59 bits per heavy atom. The van der Waals surface area contributed by atoms with E-state index < -0.39 is 40.3 Å². The molecule has 0 atom stereocenters. The molecule has 4 rings (SSSR count). The van der Waals surface area contributed by atoms with E-state index in [1.165, 1.54) is 11.1 Å². The van der Waals surface area contributed by atoms with Crippen molar-refractivity contribution < 1.29 is 36.6 Å². The predicted octanol–water partition coefficient (Wildman–Crippen LogP) is 4.58. The Balaban J connectivity index is 1.33. The Hall–Kier alpha value is -4.00. The summed E-state index contributed by atoms with van der Waals surface area (Å²) in [5.41, 5.74) is -0.0351. The second-order valence-electron chi connectivity index (χ2n) is 7.97. The van der Waals surface area contributed by atoms with Crippen LogP contribution in [0.25, 0.3) is 0 Å². The summed E-state index contributed by atoms with van der Waals surface area (Å²) in [4.78, 5) is 33.3. The Morgan fingerprint density at radius 1 is 1.14 bits per heavy atom. The summed E-state index contributed by atoms with van der Waals surface area (Å²) in [5.74, 6) is -2.59. The molecule has 3 heterocycles. The fraction of sp³-hybridized carbons (Fsp3) is 0.261. The molecular weight excluding hydrogens is 522 g/mol. The molecule has 1 aromatic carbocycles. The Bertz CT molecular complexity index is 1380. The van der Waals surface area contributed by atoms with Crippen LogP contribution >= 0.6 is 11.6 Å². The monoisotopic (exact) mass is 539 g/mol. The van der Waals surface area contributed by atoms with Crippen LogP contribution in [0.1, 0.15) is 16.7 Å². The van der Waals surface area contributed by atoms with Crippen LogP contribution in [0.15, 0.2) is 47.8 Å². The van der Waals surface area contributed by atoms with Crippen molar-refractivity contribution in [3.8, 4) is 11.6 Å². The van der Waals surface area contributed by atoms with Crippen LogP contribution in [-0.4, -0.2) is 50.5 Å². The van der Waals surface area contributed by atoms with Crippen molar-refractivity contribution in [3.05, 3.63) is 70.4 Å². The van der Waals surface area contributed by atoms with Gasteiger partial charge in [0, 0.05) is 31.4 Å². The summed E-state index contributed by atoms with van der Waals surface area (Å²) in [6, 6.07) is 3.22. The number of pyridine rings is 1. The van der Waals surface area contributed by atoms with Gasteiger partial charge in [-0.3, -0.25) is 9.48 Å². The topological polar surface area (TPSA) is 98.9 Å². The molecule has 0 saturated heterocycles. The van der Waals surface area contributed by atoms with E-state index in [0.717, 1.165) is 23.8 Å². The van der Waals surface area contributed by atoms with Crippen LogP contribution in [0, 0.1) is 5.82 Å². The van der Waals surface area contributed by atoms with Crippen molar-refractivity contribution in [1.29, 1.82) is 0 Å². The Kier molecular flexibility index (Phi) is 7.43. The maximum Gasteiger partial charge on any atom is 0.417 e. The van der Waals surface area contributed by atoms with Crippen LogP contribution < -0.4 is 4.74 Å². The quantitative estimate of drug-likeness (QED) is 0.408. The van der Waals surface area contributed by atoms with E-state index in [2.05, 4.69) is 15.1 Å². The third-order valence-electron chi connectivity index (χ3n) is 5.12. The van der Waals surface area contributed by atoms with Gasteiger partial charge in [-0.15, -0.1) is 0 Å². The van der Waals surface area contributed by atoms with Gasteiger partial charge >= 0.3 is 12.2 Å². The number of ether oxygens (including phenoxy) is 2. The molecule has 9 nitrogen and oxygen atoms in total. The molecule has 1 aliphatic heterocycles. The zero-order chi connectivity index (χ0) is 26.7. The molecule has 0 bridgehead atoms. The van der Waals surface area contributed by atoms with Gasteiger partial charge in [0.25, 0.3) is 11.8 Å². The van der Waals surface area contributed by atoms with Gasteiger partial charge in [0.05, 0.1) is 36.5 Å². The maximum atomic E-state index is 14.5. The number of nitrogens with zero attached hydrogens (tertiary/aromatic N) is 5. The first-order valence-corrected chi connectivity index (χ1v) is 11.1. The molecule has 0 radical (unpaired) electrons. The summed E-state index contributed by atoms with van der Waals surface area (Å²) in [6.45, 7) is -0.147. The van der Waals surface area contributed by atoms with Crippen molar-refractivity contribution >= 4 is 29.3 Å². The lowest BCUT2D eigenvalue weighted by Crippen LogP contribution is -2.42. The SMILES string of the molecule is Cn1cc(CN2CC(=O)C(OCCc3cnc(Oc4ccc(Cl)c(C(F)(F)F)c4)c(F)c3)=NC2=O)cn1. The van der Waals surface area contributed by atoms with Crippen LogP contribution in [0.3, 0.4) is 0 Å². The molecule has 0 fully saturated rings. The van der Waals surface area contributed by atoms with E-state index in [4.69, 9.17) is 21.1 Å². The van der Waals surface area contributed by atoms with Crippen LogP contribution in [0.4, 0.5) is 22.4 Å². The molecule has 0 unspecified atom stereocenters. The largest absolute Gasteiger partial charge is 0.475 e. The number of benzene rings is 1. The van der Waals surface area contributed by atoms with Crippen molar-refractivity contribution in [2.24, 2.45) is 12.0 Å². The molecule has 0 N–H and O–H groups in total. The van der Waals surface area contributed by atoms with E-state index in [1.807, 2.05) is 0 Å². The number of urea groups is 1. The van der Waals surface area contributed by atoms with E-state index >= 15 is 0 Å². The number of Topliss-reactive ketones (excluding diaryl/α,β-unsaturated/α-hetero) is 1. The van der Waals surface area contributed by atoms with E-state index in [0.29, 0.717) is 11.6 Å². The van der Waals surface area contributed by atoms with Gasteiger partial charge in [0.15, 0.2) is 5.82 Å². The summed E-state index contributed by atoms with van der Waals surface area (Å²) in [6.07, 6.45) is -0.0755. The fourth-order valence-corrected chi connectivity index (χ4v) is 3.60. The number of hydrogen-bond donors (Lipinski definition) is 0. The predicted molar refractivity (Wildman–Crippen MR) is 122 cm³/mol. The third-order valence-corrected chi connectivity index (χ3v) is 5.45. The van der Waals surface area contributed by atoms with Gasteiger partial charge in [0.2, 0.25) is 5.78 Å². The van der Waals surface area contributed by atoms with Crippen LogP contribution in [-0.2, 0) is 35.7 Å². The zero-order valence-electron chi connectivity index (χ0n) is 19.1. The number of aromatic nitrogens is 3. The highest BCUT2D eigenvalue weighted by Gasteiger charge is 2.34. The summed E-state index contributed by atoms with van der Waals surface area (Å²) >= 11 is 5.57. The number of amides is 2. The van der Waals surface area contributed by atoms with Gasteiger partial charge in [-0.05, 0) is 29.8 Å². The number of carbonyl (C=O) groups excluding carboxylic acids is 2. The minimum atomic E-state index is -4.71. The molecule has 2 aromatic heterocycles. The minimum Gasteiger partial charge on any atom is -0.475 e. The Labute approximate surface area is 212 Å². The number of alkyl halides is 3. The molecule has 3 aromatic rings. The number of carbonyl (C=O) groups is 2. The minimum absolute atomic E-state index is 0.100. The highest BCUT2D eigenvalue weighted by atomic mass is 35.5. The number of hydrogen-bond acceptors (Lipinski definition) is 6. The lowest BCUT2D eigenvalue weighted by atomic mass is 10.2. The maximum absolute atomic E-state index is 14.5. The number of aryl methyl sites for hydroxylation is 1. The van der Waals surface area contributed by atoms with E-state index in [1.54, 1.807) is 24.1 Å². The molecule has 0 saturated carbocycles. The average molecular weight is 540 g/mol. The number of ketones is 1. The third kappa shape index (κ3) is 6.42. The molecule has 0 spiro atoms. The van der Waals surface area contributed by atoms with Crippen LogP contribution in [0.2, 0.25) is 5.02 Å². The summed E-state index contributed by atoms with van der Waals surface area (Å²) in [5, 5.41) is 3.49. The lowest BCUT2D eigenvalue weighted by molar-refractivity contribution is -0.137. The van der Waals surface area contributed by atoms with Gasteiger partial charge in [-0.25, -0.2) is 14.2 Å². The van der Waals surface area contributed by atoms with Gasteiger partial charge < -0.3 is 14.4 Å². The first-order chi connectivity index (χ1) is 17.5. The smallest absolute Gasteiger partial charge is 0.417 e. The van der Waals surface area contributed by atoms with Gasteiger partial charge in [-0.2, -0.15) is 23.3 Å². The lowest BCUT2D eigenvalue weighted by Gasteiger charge is -2.23. The molecule has 1 aliphatic rings. The van der Waals surface area contributed by atoms with Crippen LogP contribution in [0.5, 0.6) is 11.6 Å².